The molecule has 2 aromatic rings. The average molecular weight is 345 g/mol. The number of hydrogen-bond acceptors (Lipinski definition) is 5. The van der Waals surface area contributed by atoms with Crippen molar-refractivity contribution in [3.63, 3.8) is 0 Å². The molecule has 6 heteroatoms. The summed E-state index contributed by atoms with van der Waals surface area (Å²) in [6.07, 6.45) is 0.159. The molecule has 0 spiro atoms. The molecule has 25 heavy (non-hydrogen) atoms. The summed E-state index contributed by atoms with van der Waals surface area (Å²) in [5.74, 6) is 1.40. The van der Waals surface area contributed by atoms with E-state index in [0.29, 0.717) is 29.4 Å². The van der Waals surface area contributed by atoms with Gasteiger partial charge in [-0.1, -0.05) is 19.1 Å². The normalized spacial score (nSPS) is 11.5. The van der Waals surface area contributed by atoms with Gasteiger partial charge in [0.25, 0.3) is 5.91 Å². The average Bonchev–Trinajstić information content (AvgIpc) is 2.66. The van der Waals surface area contributed by atoms with Gasteiger partial charge in [0.05, 0.1) is 26.0 Å². The van der Waals surface area contributed by atoms with Gasteiger partial charge in [-0.05, 0) is 36.2 Å². The number of benzene rings is 2. The van der Waals surface area contributed by atoms with Gasteiger partial charge in [0.15, 0.2) is 6.61 Å². The Morgan fingerprint density at radius 2 is 1.76 bits per heavy atom. The van der Waals surface area contributed by atoms with Crippen LogP contribution in [0.25, 0.3) is 0 Å². The fraction of sp³-hybridized carbons (Fsp3) is 0.316. The van der Waals surface area contributed by atoms with E-state index in [0.717, 1.165) is 5.56 Å². The Balaban J connectivity index is 1.92. The van der Waals surface area contributed by atoms with Crippen molar-refractivity contribution in [1.29, 1.82) is 0 Å². The molecule has 0 bridgehead atoms. The van der Waals surface area contributed by atoms with Crippen LogP contribution in [0.5, 0.6) is 17.2 Å². The van der Waals surface area contributed by atoms with E-state index in [9.17, 15) is 9.90 Å². The van der Waals surface area contributed by atoms with E-state index in [4.69, 9.17) is 14.2 Å². The Kier molecular flexibility index (Phi) is 6.65. The molecule has 2 rings (SSSR count). The summed E-state index contributed by atoms with van der Waals surface area (Å²) in [7, 11) is 3.08. The predicted molar refractivity (Wildman–Crippen MR) is 95.4 cm³/mol. The van der Waals surface area contributed by atoms with Crippen molar-refractivity contribution in [1.82, 2.24) is 0 Å². The van der Waals surface area contributed by atoms with E-state index in [-0.39, 0.29) is 12.5 Å². The number of carbonyl (C=O) groups is 1. The zero-order valence-electron chi connectivity index (χ0n) is 14.6. The number of rotatable bonds is 8. The van der Waals surface area contributed by atoms with Crippen LogP contribution in [0.1, 0.15) is 25.0 Å². The Labute approximate surface area is 147 Å². The van der Waals surface area contributed by atoms with Crippen LogP contribution in [0.2, 0.25) is 0 Å². The lowest BCUT2D eigenvalue weighted by molar-refractivity contribution is -0.118. The second-order valence-corrected chi connectivity index (χ2v) is 5.40. The Morgan fingerprint density at radius 1 is 1.08 bits per heavy atom. The second-order valence-electron chi connectivity index (χ2n) is 5.40. The molecule has 0 aliphatic carbocycles. The number of amides is 1. The van der Waals surface area contributed by atoms with Crippen LogP contribution in [-0.2, 0) is 4.79 Å². The Bertz CT molecular complexity index is 699. The molecule has 134 valence electrons. The lowest BCUT2D eigenvalue weighted by atomic mass is 10.1. The third-order valence-corrected chi connectivity index (χ3v) is 3.70. The highest BCUT2D eigenvalue weighted by molar-refractivity contribution is 5.93. The summed E-state index contributed by atoms with van der Waals surface area (Å²) in [4.78, 5) is 12.1. The summed E-state index contributed by atoms with van der Waals surface area (Å²) in [6.45, 7) is 1.78. The van der Waals surface area contributed by atoms with Gasteiger partial charge in [-0.3, -0.25) is 4.79 Å². The molecular formula is C19H23NO5. The number of hydrogen-bond donors (Lipinski definition) is 2. The number of ether oxygens (including phenoxy) is 3. The van der Waals surface area contributed by atoms with E-state index in [2.05, 4.69) is 5.32 Å². The number of methoxy groups -OCH3 is 2. The molecule has 2 N–H and O–H groups in total. The van der Waals surface area contributed by atoms with Gasteiger partial charge >= 0.3 is 0 Å². The number of aliphatic hydroxyl groups is 1. The molecule has 2 aromatic carbocycles. The molecule has 0 aliphatic heterocycles. The molecular weight excluding hydrogens is 322 g/mol. The fourth-order valence-electron chi connectivity index (χ4n) is 2.26. The first-order valence-corrected chi connectivity index (χ1v) is 8.00. The van der Waals surface area contributed by atoms with Crippen LogP contribution in [0, 0.1) is 0 Å². The van der Waals surface area contributed by atoms with E-state index >= 15 is 0 Å². The van der Waals surface area contributed by atoms with E-state index in [1.807, 2.05) is 6.92 Å². The number of anilines is 1. The van der Waals surface area contributed by atoms with Crippen molar-refractivity contribution < 1.29 is 24.1 Å². The SMILES string of the molecule is CC[C@H](O)c1ccc(OCC(=O)Nc2ccc(OC)cc2OC)cc1. The van der Waals surface area contributed by atoms with Crippen LogP contribution in [0.4, 0.5) is 5.69 Å². The monoisotopic (exact) mass is 345 g/mol. The van der Waals surface area contributed by atoms with Crippen molar-refractivity contribution in [3.05, 3.63) is 48.0 Å². The fourth-order valence-corrected chi connectivity index (χ4v) is 2.26. The molecule has 0 aromatic heterocycles. The largest absolute Gasteiger partial charge is 0.497 e. The molecule has 0 fully saturated rings. The van der Waals surface area contributed by atoms with Gasteiger partial charge in [-0.25, -0.2) is 0 Å². The van der Waals surface area contributed by atoms with Crippen molar-refractivity contribution in [3.8, 4) is 17.2 Å². The van der Waals surface area contributed by atoms with Crippen molar-refractivity contribution in [2.24, 2.45) is 0 Å². The molecule has 0 heterocycles. The molecule has 1 atom stereocenters. The topological polar surface area (TPSA) is 77.0 Å². The maximum atomic E-state index is 12.1. The molecule has 1 amide bonds. The smallest absolute Gasteiger partial charge is 0.262 e. The first-order valence-electron chi connectivity index (χ1n) is 8.00. The standard InChI is InChI=1S/C19H23NO5/c1-4-17(21)13-5-7-14(8-6-13)25-12-19(22)20-16-10-9-15(23-2)11-18(16)24-3/h5-11,17,21H,4,12H2,1-3H3,(H,20,22)/t17-/m0/s1. The summed E-state index contributed by atoms with van der Waals surface area (Å²) in [5, 5.41) is 12.5. The van der Waals surface area contributed by atoms with E-state index < -0.39 is 6.10 Å². The van der Waals surface area contributed by atoms with E-state index in [1.54, 1.807) is 49.6 Å². The molecule has 0 saturated carbocycles. The minimum atomic E-state index is -0.486. The molecule has 0 aliphatic rings. The minimum Gasteiger partial charge on any atom is -0.497 e. The van der Waals surface area contributed by atoms with Gasteiger partial charge in [-0.2, -0.15) is 0 Å². The van der Waals surface area contributed by atoms with Crippen LogP contribution in [-0.4, -0.2) is 31.8 Å². The first-order chi connectivity index (χ1) is 12.1. The first kappa shape index (κ1) is 18.6. The number of carbonyl (C=O) groups excluding carboxylic acids is 1. The number of aliphatic hydroxyl groups excluding tert-OH is 1. The minimum absolute atomic E-state index is 0.134. The third kappa shape index (κ3) is 5.12. The zero-order chi connectivity index (χ0) is 18.2. The lowest BCUT2D eigenvalue weighted by Gasteiger charge is -2.12. The Morgan fingerprint density at radius 3 is 2.36 bits per heavy atom. The van der Waals surface area contributed by atoms with Crippen LogP contribution < -0.4 is 19.5 Å². The summed E-state index contributed by atoms with van der Waals surface area (Å²) in [5.41, 5.74) is 1.36. The number of nitrogens with one attached hydrogen (secondary N) is 1. The molecule has 0 unspecified atom stereocenters. The Hall–Kier alpha value is -2.73. The summed E-state index contributed by atoms with van der Waals surface area (Å²) < 4.78 is 15.8. The van der Waals surface area contributed by atoms with Gasteiger partial charge in [0, 0.05) is 6.07 Å². The maximum Gasteiger partial charge on any atom is 0.262 e. The van der Waals surface area contributed by atoms with Gasteiger partial charge in [0.2, 0.25) is 0 Å². The molecule has 0 saturated heterocycles. The zero-order valence-corrected chi connectivity index (χ0v) is 14.6. The maximum absolute atomic E-state index is 12.1. The van der Waals surface area contributed by atoms with Crippen LogP contribution in [0.15, 0.2) is 42.5 Å². The van der Waals surface area contributed by atoms with Crippen molar-refractivity contribution >= 4 is 11.6 Å². The third-order valence-electron chi connectivity index (χ3n) is 3.70. The van der Waals surface area contributed by atoms with Crippen molar-refractivity contribution in [2.45, 2.75) is 19.4 Å². The molecule has 6 nitrogen and oxygen atoms in total. The molecule has 0 radical (unpaired) electrons. The van der Waals surface area contributed by atoms with Gasteiger partial charge in [0.1, 0.15) is 17.2 Å². The summed E-state index contributed by atoms with van der Waals surface area (Å²) in [6, 6.07) is 12.2. The van der Waals surface area contributed by atoms with Crippen molar-refractivity contribution in [2.75, 3.05) is 26.1 Å². The quantitative estimate of drug-likeness (QED) is 0.768. The predicted octanol–water partition coefficient (Wildman–Crippen LogP) is 3.16. The second kappa shape index (κ2) is 8.94. The van der Waals surface area contributed by atoms with Gasteiger partial charge in [-0.15, -0.1) is 0 Å². The van der Waals surface area contributed by atoms with Crippen LogP contribution in [0.3, 0.4) is 0 Å². The highest BCUT2D eigenvalue weighted by atomic mass is 16.5. The highest BCUT2D eigenvalue weighted by Gasteiger charge is 2.10. The highest BCUT2D eigenvalue weighted by Crippen LogP contribution is 2.29. The summed E-state index contributed by atoms with van der Waals surface area (Å²) >= 11 is 0. The van der Waals surface area contributed by atoms with Gasteiger partial charge < -0.3 is 24.6 Å². The lowest BCUT2D eigenvalue weighted by Crippen LogP contribution is -2.20. The van der Waals surface area contributed by atoms with E-state index in [1.165, 1.54) is 7.11 Å². The van der Waals surface area contributed by atoms with Crippen LogP contribution >= 0.6 is 0 Å².